The van der Waals surface area contributed by atoms with E-state index in [1.54, 1.807) is 0 Å². The Morgan fingerprint density at radius 1 is 1.23 bits per heavy atom. The molecule has 0 aromatic heterocycles. The van der Waals surface area contributed by atoms with Crippen molar-refractivity contribution in [1.29, 1.82) is 0 Å². The average molecular weight is 272 g/mol. The minimum Gasteiger partial charge on any atom is -1.01 e. The molecule has 0 fully saturated rings. The van der Waals surface area contributed by atoms with Crippen molar-refractivity contribution in [3.8, 4) is 0 Å². The summed E-state index contributed by atoms with van der Waals surface area (Å²) in [6.45, 7) is 0. The topological polar surface area (TPSA) is 158 Å². The van der Waals surface area contributed by atoms with Crippen molar-refractivity contribution in [1.82, 2.24) is 0 Å². The number of carboxylic acid groups (broad SMARTS) is 2. The minimum absolute atomic E-state index is 0. The van der Waals surface area contributed by atoms with Gasteiger partial charge < -0.3 is 32.4 Å². The zero-order chi connectivity index (χ0) is 7.44. The second-order valence-electron chi connectivity index (χ2n) is 1.30. The molecule has 0 saturated heterocycles. The second-order valence-corrected chi connectivity index (χ2v) is 1.30. The Hall–Kier alpha value is 0.573. The van der Waals surface area contributed by atoms with E-state index < -0.39 is 24.5 Å². The Morgan fingerprint density at radius 3 is 1.62 bits per heavy atom. The zero-order valence-corrected chi connectivity index (χ0v) is 11.8. The van der Waals surface area contributed by atoms with Gasteiger partial charge in [0.2, 0.25) is 0 Å². The van der Waals surface area contributed by atoms with Gasteiger partial charge in [-0.3, -0.25) is 9.59 Å². The molecule has 0 amide bonds. The van der Waals surface area contributed by atoms with E-state index in [1.165, 1.54) is 0 Å². The molecule has 0 aromatic carbocycles. The van der Waals surface area contributed by atoms with Gasteiger partial charge in [-0.25, -0.2) is 0 Å². The molecule has 0 aliphatic rings. The fraction of sp³-hybridized carbons (Fsp3) is 0.250. The third-order valence-corrected chi connectivity index (χ3v) is 0.550. The normalized spacial score (nSPS) is 5.92. The van der Waals surface area contributed by atoms with Gasteiger partial charge in [0, 0.05) is 0 Å². The molecule has 68 valence electrons. The molecule has 0 aromatic rings. The van der Waals surface area contributed by atoms with Crippen molar-refractivity contribution in [2.45, 2.75) is 6.42 Å². The molecular weight excluding hydrogens is 266 g/mol. The summed E-state index contributed by atoms with van der Waals surface area (Å²) in [5, 5.41) is 25.6. The van der Waals surface area contributed by atoms with Crippen LogP contribution in [-0.2, 0) is 29.1 Å². The van der Waals surface area contributed by atoms with E-state index in [1.807, 2.05) is 0 Å². The Bertz CT molecular complexity index is 140. The Labute approximate surface area is 117 Å². The maximum Gasteiger partial charge on any atom is 2.00 e. The van der Waals surface area contributed by atoms with Gasteiger partial charge in [0.1, 0.15) is 5.97 Å². The van der Waals surface area contributed by atoms with Crippen molar-refractivity contribution < 1.29 is 55.3 Å². The molecule has 0 atom stereocenters. The van der Waals surface area contributed by atoms with Gasteiger partial charge in [0.25, 0.3) is 5.97 Å². The first-order valence-electron chi connectivity index (χ1n) is 2.02. The molecule has 4 N–H and O–H groups in total. The van der Waals surface area contributed by atoms with Crippen LogP contribution in [0.15, 0.2) is 0 Å². The summed E-state index contributed by atoms with van der Waals surface area (Å²) in [5.41, 5.74) is 0. The van der Waals surface area contributed by atoms with Gasteiger partial charge in [0.15, 0.2) is 0 Å². The van der Waals surface area contributed by atoms with Gasteiger partial charge in [-0.15, -0.1) is 0 Å². The van der Waals surface area contributed by atoms with Crippen LogP contribution in [0.25, 0.3) is 0 Å². The molecule has 13 heavy (non-hydrogen) atoms. The standard InChI is InChI=1S/C4H4O5.Ca.2H2O.Zn/c5-2(4(8)9)1-3(6)7;;;;/h1H2,(H,6,7)(H,8,9);;2*1H2;/q-2;+2;;;+2/p-2. The van der Waals surface area contributed by atoms with Crippen LogP contribution in [0.2, 0.25) is 0 Å². The van der Waals surface area contributed by atoms with Crippen LogP contribution in [0.3, 0.4) is 0 Å². The van der Waals surface area contributed by atoms with Crippen molar-refractivity contribution in [2.24, 2.45) is 0 Å². The summed E-state index contributed by atoms with van der Waals surface area (Å²) < 4.78 is 0. The SMILES string of the molecule is O=C(O)C[C-]([O-])C(=O)O.[Ca+2].[OH-].[OH-].[Zn+2]. The monoisotopic (exact) mass is 270 g/mol. The van der Waals surface area contributed by atoms with E-state index in [-0.39, 0.29) is 68.2 Å². The van der Waals surface area contributed by atoms with E-state index in [0.717, 1.165) is 0 Å². The molecule has 7 nitrogen and oxygen atoms in total. The molecule has 9 heteroatoms. The smallest absolute Gasteiger partial charge is 1.01 e. The van der Waals surface area contributed by atoms with Gasteiger partial charge in [0.05, 0.1) is 0 Å². The van der Waals surface area contributed by atoms with Gasteiger partial charge in [-0.05, 0) is 0 Å². The van der Waals surface area contributed by atoms with Crippen LogP contribution in [0.4, 0.5) is 0 Å². The summed E-state index contributed by atoms with van der Waals surface area (Å²) in [5.74, 6) is -3.14. The first-order chi connectivity index (χ1) is 4.04. The summed E-state index contributed by atoms with van der Waals surface area (Å²) >= 11 is 0. The van der Waals surface area contributed by atoms with Crippen LogP contribution < -0.4 is 5.11 Å². The fourth-order valence-electron chi connectivity index (χ4n) is 0.213. The number of hydrogen-bond acceptors (Lipinski definition) is 5. The predicted molar refractivity (Wildman–Crippen MR) is 32.8 cm³/mol. The maximum absolute atomic E-state index is 9.97. The average Bonchev–Trinajstić information content (AvgIpc) is 1.63. The predicted octanol–water partition coefficient (Wildman–Crippen LogP) is -2.30. The van der Waals surface area contributed by atoms with Crippen LogP contribution in [0.5, 0.6) is 0 Å². The summed E-state index contributed by atoms with van der Waals surface area (Å²) in [6, 6.07) is 0. The number of carbonyl (C=O) groups is 2. The quantitative estimate of drug-likeness (QED) is 0.431. The molecule has 0 radical (unpaired) electrons. The second kappa shape index (κ2) is 15.1. The van der Waals surface area contributed by atoms with E-state index in [4.69, 9.17) is 10.2 Å². The summed E-state index contributed by atoms with van der Waals surface area (Å²) in [6.07, 6.45) is -2.25. The van der Waals surface area contributed by atoms with E-state index >= 15 is 0 Å². The maximum atomic E-state index is 9.97. The molecule has 0 unspecified atom stereocenters. The van der Waals surface area contributed by atoms with Crippen LogP contribution in [-0.4, -0.2) is 70.8 Å². The molecule has 0 rings (SSSR count). The van der Waals surface area contributed by atoms with Gasteiger partial charge in [-0.2, -0.15) is 0 Å². The van der Waals surface area contributed by atoms with E-state index in [0.29, 0.717) is 0 Å². The third-order valence-electron chi connectivity index (χ3n) is 0.550. The van der Waals surface area contributed by atoms with Gasteiger partial charge in [-0.1, -0.05) is 6.42 Å². The van der Waals surface area contributed by atoms with Crippen LogP contribution in [0.1, 0.15) is 6.42 Å². The van der Waals surface area contributed by atoms with Crippen molar-refractivity contribution in [3.63, 3.8) is 0 Å². The first-order valence-corrected chi connectivity index (χ1v) is 2.02. The largest absolute Gasteiger partial charge is 2.00 e. The molecule has 0 spiro atoms. The van der Waals surface area contributed by atoms with E-state index in [2.05, 4.69) is 0 Å². The first kappa shape index (κ1) is 29.2. The van der Waals surface area contributed by atoms with Crippen molar-refractivity contribution in [2.75, 3.05) is 0 Å². The Kier molecular flexibility index (Phi) is 33.8. The Morgan fingerprint density at radius 2 is 1.54 bits per heavy atom. The minimum atomic E-state index is -1.71. The van der Waals surface area contributed by atoms with Crippen molar-refractivity contribution >= 4 is 49.7 Å². The van der Waals surface area contributed by atoms with Gasteiger partial charge >= 0.3 is 57.2 Å². The molecular formula is C4H6CaO7Zn. The molecule has 0 aliphatic heterocycles. The number of rotatable bonds is 3. The van der Waals surface area contributed by atoms with Crippen molar-refractivity contribution in [3.05, 3.63) is 6.10 Å². The van der Waals surface area contributed by atoms with Crippen LogP contribution in [0, 0.1) is 6.10 Å². The Balaban J connectivity index is -0.0000000533. The number of hydrogen-bond donors (Lipinski definition) is 2. The van der Waals surface area contributed by atoms with E-state index in [9.17, 15) is 14.7 Å². The molecule has 0 aliphatic carbocycles. The number of carboxylic acids is 2. The summed E-state index contributed by atoms with van der Waals surface area (Å²) in [7, 11) is 0. The number of aliphatic carboxylic acids is 2. The molecule has 0 saturated carbocycles. The third kappa shape index (κ3) is 19.1. The fourth-order valence-corrected chi connectivity index (χ4v) is 0.213. The molecule has 0 bridgehead atoms. The van der Waals surface area contributed by atoms with Crippen LogP contribution >= 0.6 is 0 Å². The zero-order valence-electron chi connectivity index (χ0n) is 6.63. The summed E-state index contributed by atoms with van der Waals surface area (Å²) in [4.78, 5) is 19.3. The molecule has 0 heterocycles.